The molecule has 0 spiro atoms. The quantitative estimate of drug-likeness (QED) is 0.336. The molecule has 1 amide bonds. The molecule has 0 radical (unpaired) electrons. The van der Waals surface area contributed by atoms with Gasteiger partial charge in [0.05, 0.1) is 18.5 Å². The van der Waals surface area contributed by atoms with Crippen LogP contribution in [-0.2, 0) is 29.6 Å². The summed E-state index contributed by atoms with van der Waals surface area (Å²) in [5.74, 6) is -1.31. The van der Waals surface area contributed by atoms with Crippen molar-refractivity contribution in [1.29, 1.82) is 0 Å². The van der Waals surface area contributed by atoms with E-state index in [9.17, 15) is 19.3 Å². The third-order valence-corrected chi connectivity index (χ3v) is 8.35. The molecule has 194 valence electrons. The highest BCUT2D eigenvalue weighted by molar-refractivity contribution is 7.62. The van der Waals surface area contributed by atoms with Crippen molar-refractivity contribution in [3.63, 3.8) is 0 Å². The summed E-state index contributed by atoms with van der Waals surface area (Å²) in [4.78, 5) is 24.5. The van der Waals surface area contributed by atoms with Crippen molar-refractivity contribution >= 4 is 25.0 Å². The fourth-order valence-corrected chi connectivity index (χ4v) is 6.13. The summed E-state index contributed by atoms with van der Waals surface area (Å²) < 4.78 is 29.1. The number of aliphatic carboxylic acids is 1. The predicted octanol–water partition coefficient (Wildman–Crippen LogP) is 5.11. The normalized spacial score (nSPS) is 13.5. The van der Waals surface area contributed by atoms with E-state index in [1.54, 1.807) is 38.1 Å². The summed E-state index contributed by atoms with van der Waals surface area (Å²) in [6.45, 7) is 4.00. The van der Waals surface area contributed by atoms with Gasteiger partial charge in [-0.15, -0.1) is 0 Å². The van der Waals surface area contributed by atoms with E-state index in [0.29, 0.717) is 10.9 Å². The molecule has 4 rings (SSSR count). The van der Waals surface area contributed by atoms with Gasteiger partial charge in [-0.2, -0.15) is 0 Å². The number of carbonyl (C=O) groups excluding carboxylic acids is 1. The van der Waals surface area contributed by atoms with Gasteiger partial charge in [-0.05, 0) is 53.8 Å². The molecule has 0 saturated carbocycles. The first kappa shape index (κ1) is 26.6. The van der Waals surface area contributed by atoms with Crippen LogP contribution in [0.25, 0.3) is 11.1 Å². The molecule has 8 nitrogen and oxygen atoms in total. The Morgan fingerprint density at radius 3 is 1.95 bits per heavy atom. The van der Waals surface area contributed by atoms with Crippen LogP contribution < -0.4 is 10.6 Å². The van der Waals surface area contributed by atoms with Crippen LogP contribution in [0.5, 0.6) is 0 Å². The van der Waals surface area contributed by atoms with E-state index in [1.807, 2.05) is 48.5 Å². The predicted molar refractivity (Wildman–Crippen MR) is 140 cm³/mol. The Balaban J connectivity index is 1.40. The third-order valence-electron chi connectivity index (χ3n) is 6.22. The number of fused-ring (bicyclic) bond motifs is 3. The van der Waals surface area contributed by atoms with Crippen molar-refractivity contribution in [3.8, 4) is 11.1 Å². The maximum Gasteiger partial charge on any atom is 0.407 e. The molecular weight excluding hydrogens is 493 g/mol. The Hall–Kier alpha value is -3.45. The molecule has 3 aromatic carbocycles. The molecule has 0 aromatic heterocycles. The van der Waals surface area contributed by atoms with Crippen molar-refractivity contribution in [2.75, 3.05) is 19.8 Å². The molecule has 0 bridgehead atoms. The van der Waals surface area contributed by atoms with Crippen LogP contribution in [-0.4, -0.2) is 43.0 Å². The Labute approximate surface area is 216 Å². The number of carbonyl (C=O) groups is 2. The first-order chi connectivity index (χ1) is 17.9. The van der Waals surface area contributed by atoms with Gasteiger partial charge in [0.25, 0.3) is 0 Å². The first-order valence-electron chi connectivity index (χ1n) is 12.2. The van der Waals surface area contributed by atoms with Gasteiger partial charge in [0.2, 0.25) is 0 Å². The minimum atomic E-state index is -3.44. The fourth-order valence-electron chi connectivity index (χ4n) is 4.56. The van der Waals surface area contributed by atoms with E-state index in [4.69, 9.17) is 13.8 Å². The van der Waals surface area contributed by atoms with Crippen LogP contribution in [0.3, 0.4) is 0 Å². The van der Waals surface area contributed by atoms with Gasteiger partial charge in [0.1, 0.15) is 12.6 Å². The minimum absolute atomic E-state index is 0.0212. The summed E-state index contributed by atoms with van der Waals surface area (Å²) in [7, 11) is -3.44. The number of ether oxygens (including phenoxy) is 1. The van der Waals surface area contributed by atoms with Gasteiger partial charge in [0, 0.05) is 12.3 Å². The van der Waals surface area contributed by atoms with Crippen LogP contribution >= 0.6 is 7.60 Å². The first-order valence-corrected chi connectivity index (χ1v) is 13.7. The maximum atomic E-state index is 12.9. The van der Waals surface area contributed by atoms with E-state index in [1.165, 1.54) is 0 Å². The van der Waals surface area contributed by atoms with E-state index in [0.717, 1.165) is 22.3 Å². The second-order valence-electron chi connectivity index (χ2n) is 8.56. The van der Waals surface area contributed by atoms with Crippen LogP contribution in [0.4, 0.5) is 4.79 Å². The van der Waals surface area contributed by atoms with E-state index in [2.05, 4.69) is 5.32 Å². The molecule has 1 aliphatic carbocycles. The van der Waals surface area contributed by atoms with Gasteiger partial charge >= 0.3 is 19.7 Å². The number of benzene rings is 3. The standard InChI is InChI=1S/C28H30NO7P/c1-3-35-37(33,36-4-2)20-15-13-19(14-16-20)17-26(27(30)31)29-28(32)34-18-25-23-11-7-5-9-21(23)22-10-6-8-12-24(22)25/h5-16,25-26H,3-4,17-18H2,1-2H3,(H,29,32)(H,30,31)/t26-/m0/s1. The Morgan fingerprint density at radius 2 is 1.43 bits per heavy atom. The molecule has 37 heavy (non-hydrogen) atoms. The molecule has 0 aliphatic heterocycles. The molecule has 2 N–H and O–H groups in total. The SMILES string of the molecule is CCOP(=O)(OCC)c1ccc(C[C@H](NC(=O)OCC2c3ccccc3-c3ccccc32)C(=O)O)cc1. The zero-order valence-electron chi connectivity index (χ0n) is 20.8. The number of hydrogen-bond acceptors (Lipinski definition) is 6. The summed E-state index contributed by atoms with van der Waals surface area (Å²) in [5, 5.41) is 12.5. The number of amides is 1. The number of alkyl carbamates (subject to hydrolysis) is 1. The molecule has 1 atom stereocenters. The number of carboxylic acid groups (broad SMARTS) is 1. The lowest BCUT2D eigenvalue weighted by Gasteiger charge is -2.19. The van der Waals surface area contributed by atoms with Crippen molar-refractivity contribution in [2.45, 2.75) is 32.2 Å². The number of hydrogen-bond donors (Lipinski definition) is 2. The molecule has 0 saturated heterocycles. The largest absolute Gasteiger partial charge is 0.480 e. The van der Waals surface area contributed by atoms with Gasteiger partial charge in [0.15, 0.2) is 0 Å². The van der Waals surface area contributed by atoms with Crippen LogP contribution in [0, 0.1) is 0 Å². The van der Waals surface area contributed by atoms with E-state index in [-0.39, 0.29) is 32.2 Å². The molecule has 9 heteroatoms. The lowest BCUT2D eigenvalue weighted by Crippen LogP contribution is -2.43. The molecule has 0 unspecified atom stereocenters. The second kappa shape index (κ2) is 11.7. The monoisotopic (exact) mass is 523 g/mol. The fraction of sp³-hybridized carbons (Fsp3) is 0.286. The van der Waals surface area contributed by atoms with E-state index < -0.39 is 25.7 Å². The summed E-state index contributed by atoms with van der Waals surface area (Å²) in [5.41, 5.74) is 4.99. The van der Waals surface area contributed by atoms with Crippen LogP contribution in [0.2, 0.25) is 0 Å². The lowest BCUT2D eigenvalue weighted by atomic mass is 9.98. The van der Waals surface area contributed by atoms with Gasteiger partial charge in [-0.25, -0.2) is 9.59 Å². The lowest BCUT2D eigenvalue weighted by molar-refractivity contribution is -0.139. The molecule has 0 heterocycles. The highest BCUT2D eigenvalue weighted by atomic mass is 31.2. The summed E-state index contributed by atoms with van der Waals surface area (Å²) in [6.07, 6.45) is -0.781. The van der Waals surface area contributed by atoms with Gasteiger partial charge in [-0.1, -0.05) is 60.7 Å². The smallest absolute Gasteiger partial charge is 0.407 e. The van der Waals surface area contributed by atoms with Gasteiger partial charge in [-0.3, -0.25) is 4.57 Å². The highest BCUT2D eigenvalue weighted by Gasteiger charge is 2.30. The van der Waals surface area contributed by atoms with Crippen LogP contribution in [0.15, 0.2) is 72.8 Å². The second-order valence-corrected chi connectivity index (χ2v) is 10.6. The zero-order valence-corrected chi connectivity index (χ0v) is 21.6. The highest BCUT2D eigenvalue weighted by Crippen LogP contribution is 2.47. The molecule has 1 aliphatic rings. The average Bonchev–Trinajstić information content (AvgIpc) is 3.21. The number of carboxylic acids is 1. The van der Waals surface area contributed by atoms with Crippen molar-refractivity contribution < 1.29 is 33.0 Å². The van der Waals surface area contributed by atoms with Crippen LogP contribution in [0.1, 0.15) is 36.5 Å². The number of rotatable bonds is 11. The average molecular weight is 524 g/mol. The summed E-state index contributed by atoms with van der Waals surface area (Å²) in [6, 6.07) is 21.2. The van der Waals surface area contributed by atoms with Crippen molar-refractivity contribution in [3.05, 3.63) is 89.5 Å². The molecule has 0 fully saturated rings. The van der Waals surface area contributed by atoms with Crippen molar-refractivity contribution in [2.24, 2.45) is 0 Å². The zero-order chi connectivity index (χ0) is 26.4. The summed E-state index contributed by atoms with van der Waals surface area (Å²) >= 11 is 0. The van der Waals surface area contributed by atoms with E-state index >= 15 is 0 Å². The Kier molecular flexibility index (Phi) is 8.44. The minimum Gasteiger partial charge on any atom is -0.480 e. The Bertz CT molecular complexity index is 1250. The number of nitrogens with one attached hydrogen (secondary N) is 1. The Morgan fingerprint density at radius 1 is 0.892 bits per heavy atom. The van der Waals surface area contributed by atoms with Gasteiger partial charge < -0.3 is 24.2 Å². The topological polar surface area (TPSA) is 111 Å². The van der Waals surface area contributed by atoms with Crippen molar-refractivity contribution in [1.82, 2.24) is 5.32 Å². The maximum absolute atomic E-state index is 12.9. The third kappa shape index (κ3) is 5.93. The molecular formula is C28H30NO7P. The molecule has 3 aromatic rings.